The number of hydrogen-bond acceptors (Lipinski definition) is 3. The highest BCUT2D eigenvalue weighted by molar-refractivity contribution is 6.10. The molecule has 0 bridgehead atoms. The quantitative estimate of drug-likeness (QED) is 0.330. The summed E-state index contributed by atoms with van der Waals surface area (Å²) in [7, 11) is 0.971. The Hall–Kier alpha value is -0.613. The first kappa shape index (κ1) is 11.4. The Morgan fingerprint density at radius 3 is 2.92 bits per heavy atom. The molecule has 0 spiro atoms. The standard InChI is InChI=1S/C8H16O3Si/c1-3-7(9)11-6-5-8(12)10-4-2/h3,8H,1,4-6H2,2,12H3. The van der Waals surface area contributed by atoms with Gasteiger partial charge in [0.2, 0.25) is 0 Å². The summed E-state index contributed by atoms with van der Waals surface area (Å²) in [5.74, 6) is -0.361. The molecule has 0 aromatic heterocycles. The summed E-state index contributed by atoms with van der Waals surface area (Å²) in [6.07, 6.45) is 1.96. The maximum Gasteiger partial charge on any atom is 0.330 e. The summed E-state index contributed by atoms with van der Waals surface area (Å²) in [5, 5.41) is 0. The minimum Gasteiger partial charge on any atom is -0.462 e. The molecule has 0 aromatic rings. The van der Waals surface area contributed by atoms with Crippen LogP contribution >= 0.6 is 0 Å². The van der Waals surface area contributed by atoms with Crippen molar-refractivity contribution in [1.29, 1.82) is 0 Å². The van der Waals surface area contributed by atoms with Gasteiger partial charge in [-0.1, -0.05) is 6.58 Å². The molecular formula is C8H16O3Si. The molecule has 0 aliphatic carbocycles. The van der Waals surface area contributed by atoms with Gasteiger partial charge in [0.25, 0.3) is 0 Å². The SMILES string of the molecule is C=CC(=O)OCCC([SiH3])OCC. The molecule has 1 atom stereocenters. The highest BCUT2D eigenvalue weighted by Gasteiger charge is 2.01. The maximum absolute atomic E-state index is 10.6. The number of ether oxygens (including phenoxy) is 2. The van der Waals surface area contributed by atoms with E-state index in [1.165, 1.54) is 6.08 Å². The summed E-state index contributed by atoms with van der Waals surface area (Å²) in [4.78, 5) is 10.6. The van der Waals surface area contributed by atoms with Crippen molar-refractivity contribution in [3.8, 4) is 0 Å². The fourth-order valence-electron chi connectivity index (χ4n) is 0.752. The Balaban J connectivity index is 3.30. The van der Waals surface area contributed by atoms with Gasteiger partial charge in [0, 0.05) is 35.1 Å². The second-order valence-electron chi connectivity index (χ2n) is 2.43. The summed E-state index contributed by atoms with van der Waals surface area (Å²) in [5.41, 5.74) is 0.285. The molecule has 0 N–H and O–H groups in total. The fraction of sp³-hybridized carbons (Fsp3) is 0.625. The second kappa shape index (κ2) is 7.06. The first-order chi connectivity index (χ1) is 5.70. The molecule has 0 radical (unpaired) electrons. The average molecular weight is 188 g/mol. The number of carbonyl (C=O) groups is 1. The molecular weight excluding hydrogens is 172 g/mol. The van der Waals surface area contributed by atoms with Crippen molar-refractivity contribution in [1.82, 2.24) is 0 Å². The first-order valence-corrected chi connectivity index (χ1v) is 5.27. The lowest BCUT2D eigenvalue weighted by Gasteiger charge is -2.10. The molecule has 0 saturated heterocycles. The van der Waals surface area contributed by atoms with E-state index in [0.717, 1.165) is 23.3 Å². The Labute approximate surface area is 76.2 Å². The van der Waals surface area contributed by atoms with E-state index in [2.05, 4.69) is 6.58 Å². The van der Waals surface area contributed by atoms with Crippen LogP contribution in [0.4, 0.5) is 0 Å². The minimum atomic E-state index is -0.361. The van der Waals surface area contributed by atoms with Crippen molar-refractivity contribution in [3.63, 3.8) is 0 Å². The predicted molar refractivity (Wildman–Crippen MR) is 51.1 cm³/mol. The number of carbonyl (C=O) groups excluding carboxylic acids is 1. The molecule has 0 rings (SSSR count). The largest absolute Gasteiger partial charge is 0.462 e. The van der Waals surface area contributed by atoms with Gasteiger partial charge in [-0.25, -0.2) is 4.79 Å². The summed E-state index contributed by atoms with van der Waals surface area (Å²) >= 11 is 0. The van der Waals surface area contributed by atoms with Gasteiger partial charge in [-0.3, -0.25) is 0 Å². The van der Waals surface area contributed by atoms with Crippen molar-refractivity contribution < 1.29 is 14.3 Å². The predicted octanol–water partition coefficient (Wildman–Crippen LogP) is -0.166. The number of hydrogen-bond donors (Lipinski definition) is 0. The van der Waals surface area contributed by atoms with E-state index in [1.54, 1.807) is 0 Å². The third-order valence-electron chi connectivity index (χ3n) is 1.39. The van der Waals surface area contributed by atoms with Crippen molar-refractivity contribution in [2.75, 3.05) is 13.2 Å². The minimum absolute atomic E-state index is 0.285. The van der Waals surface area contributed by atoms with Crippen LogP contribution in [0, 0.1) is 0 Å². The van der Waals surface area contributed by atoms with E-state index in [4.69, 9.17) is 9.47 Å². The first-order valence-electron chi connectivity index (χ1n) is 4.11. The van der Waals surface area contributed by atoms with Crippen LogP contribution in [-0.2, 0) is 14.3 Å². The van der Waals surface area contributed by atoms with Gasteiger partial charge in [0.05, 0.1) is 6.61 Å². The van der Waals surface area contributed by atoms with Crippen LogP contribution < -0.4 is 0 Å². The molecule has 12 heavy (non-hydrogen) atoms. The van der Waals surface area contributed by atoms with Crippen LogP contribution in [0.1, 0.15) is 13.3 Å². The Morgan fingerprint density at radius 1 is 1.75 bits per heavy atom. The van der Waals surface area contributed by atoms with Crippen molar-refractivity contribution in [2.45, 2.75) is 19.1 Å². The number of esters is 1. The van der Waals surface area contributed by atoms with Crippen molar-refractivity contribution >= 4 is 16.2 Å². The second-order valence-corrected chi connectivity index (χ2v) is 3.71. The average Bonchev–Trinajstić information content (AvgIpc) is 2.04. The summed E-state index contributed by atoms with van der Waals surface area (Å²) in [6, 6.07) is 0. The van der Waals surface area contributed by atoms with Crippen LogP contribution in [0.25, 0.3) is 0 Å². The van der Waals surface area contributed by atoms with E-state index in [1.807, 2.05) is 6.92 Å². The van der Waals surface area contributed by atoms with Gasteiger partial charge in [0.1, 0.15) is 0 Å². The summed E-state index contributed by atoms with van der Waals surface area (Å²) in [6.45, 7) is 6.41. The molecule has 3 nitrogen and oxygen atoms in total. The molecule has 70 valence electrons. The van der Waals surface area contributed by atoms with Gasteiger partial charge in [-0.15, -0.1) is 0 Å². The lowest BCUT2D eigenvalue weighted by atomic mass is 10.5. The molecule has 0 aliphatic heterocycles. The Morgan fingerprint density at radius 2 is 2.42 bits per heavy atom. The van der Waals surface area contributed by atoms with E-state index in [-0.39, 0.29) is 11.7 Å². The Kier molecular flexibility index (Phi) is 6.70. The van der Waals surface area contributed by atoms with Crippen molar-refractivity contribution in [3.05, 3.63) is 12.7 Å². The summed E-state index contributed by atoms with van der Waals surface area (Å²) < 4.78 is 10.1. The third kappa shape index (κ3) is 6.12. The molecule has 1 unspecified atom stereocenters. The van der Waals surface area contributed by atoms with E-state index < -0.39 is 0 Å². The van der Waals surface area contributed by atoms with E-state index in [0.29, 0.717) is 6.61 Å². The molecule has 0 amide bonds. The van der Waals surface area contributed by atoms with Crippen molar-refractivity contribution in [2.24, 2.45) is 0 Å². The normalized spacial score (nSPS) is 12.4. The van der Waals surface area contributed by atoms with E-state index >= 15 is 0 Å². The topological polar surface area (TPSA) is 35.5 Å². The highest BCUT2D eigenvalue weighted by Crippen LogP contribution is 1.94. The van der Waals surface area contributed by atoms with Gasteiger partial charge >= 0.3 is 5.97 Å². The zero-order valence-electron chi connectivity index (χ0n) is 7.71. The van der Waals surface area contributed by atoms with Gasteiger partial charge in [-0.2, -0.15) is 0 Å². The lowest BCUT2D eigenvalue weighted by molar-refractivity contribution is -0.138. The van der Waals surface area contributed by atoms with Crippen LogP contribution in [0.5, 0.6) is 0 Å². The molecule has 0 heterocycles. The Bertz CT molecular complexity index is 147. The molecule has 0 aromatic carbocycles. The molecule has 4 heteroatoms. The molecule has 0 saturated carbocycles. The zero-order valence-corrected chi connectivity index (χ0v) is 9.71. The van der Waals surface area contributed by atoms with E-state index in [9.17, 15) is 4.79 Å². The van der Waals surface area contributed by atoms with Crippen LogP contribution in [0.2, 0.25) is 0 Å². The van der Waals surface area contributed by atoms with Gasteiger partial charge in [-0.05, 0) is 6.92 Å². The van der Waals surface area contributed by atoms with Crippen LogP contribution in [0.3, 0.4) is 0 Å². The van der Waals surface area contributed by atoms with Crippen LogP contribution in [0.15, 0.2) is 12.7 Å². The third-order valence-corrected chi connectivity index (χ3v) is 2.30. The lowest BCUT2D eigenvalue weighted by Crippen LogP contribution is -2.16. The van der Waals surface area contributed by atoms with Gasteiger partial charge < -0.3 is 9.47 Å². The highest BCUT2D eigenvalue weighted by atomic mass is 28.1. The fourth-order valence-corrected chi connectivity index (χ4v) is 1.32. The van der Waals surface area contributed by atoms with Gasteiger partial charge in [0.15, 0.2) is 0 Å². The smallest absolute Gasteiger partial charge is 0.330 e. The van der Waals surface area contributed by atoms with Crippen LogP contribution in [-0.4, -0.2) is 35.2 Å². The molecule has 0 aliphatic rings. The molecule has 0 fully saturated rings. The monoisotopic (exact) mass is 188 g/mol. The maximum atomic E-state index is 10.6. The zero-order chi connectivity index (χ0) is 9.40. The number of rotatable bonds is 6.